The van der Waals surface area contributed by atoms with Crippen LogP contribution in [-0.2, 0) is 10.2 Å². The first-order valence-corrected chi connectivity index (χ1v) is 13.4. The maximum Gasteiger partial charge on any atom is 0.253 e. The first-order valence-electron chi connectivity index (χ1n) is 13.4. The number of amides is 2. The summed E-state index contributed by atoms with van der Waals surface area (Å²) in [5.41, 5.74) is 8.45. The molecule has 38 heavy (non-hydrogen) atoms. The number of nitrogens with one attached hydrogen (secondary N) is 2. The monoisotopic (exact) mass is 517 g/mol. The van der Waals surface area contributed by atoms with Crippen LogP contribution >= 0.6 is 0 Å². The molecule has 1 aliphatic heterocycles. The van der Waals surface area contributed by atoms with Gasteiger partial charge in [-0.1, -0.05) is 55.7 Å². The maximum absolute atomic E-state index is 13.7. The molecule has 0 aromatic heterocycles. The van der Waals surface area contributed by atoms with E-state index in [0.717, 1.165) is 42.4 Å². The molecule has 0 spiro atoms. The van der Waals surface area contributed by atoms with Gasteiger partial charge in [-0.2, -0.15) is 0 Å². The zero-order valence-corrected chi connectivity index (χ0v) is 21.4. The first-order chi connectivity index (χ1) is 18.4. The average molecular weight is 518 g/mol. The van der Waals surface area contributed by atoms with Crippen molar-refractivity contribution in [2.24, 2.45) is 0 Å². The van der Waals surface area contributed by atoms with Gasteiger partial charge in [0.1, 0.15) is 11.6 Å². The van der Waals surface area contributed by atoms with E-state index in [9.17, 15) is 18.4 Å². The van der Waals surface area contributed by atoms with Crippen LogP contribution in [0, 0.1) is 11.6 Å². The van der Waals surface area contributed by atoms with Crippen LogP contribution in [0.25, 0.3) is 11.1 Å². The van der Waals surface area contributed by atoms with Crippen molar-refractivity contribution in [1.29, 1.82) is 0 Å². The Morgan fingerprint density at radius 3 is 1.84 bits per heavy atom. The SMILES string of the molecule is O=C(c1ccc(-c2ccc(F)cc2)cc1)N1CCC(C(=O)NNC2CCCCC2)(c2ccc(F)cc2)CC1. The van der Waals surface area contributed by atoms with Gasteiger partial charge in [0.05, 0.1) is 5.41 Å². The molecule has 3 aromatic rings. The van der Waals surface area contributed by atoms with Crippen molar-refractivity contribution in [2.45, 2.75) is 56.4 Å². The molecule has 2 amide bonds. The number of likely N-dealkylation sites (tertiary alicyclic amines) is 1. The molecule has 2 aliphatic rings. The Labute approximate surface area is 222 Å². The summed E-state index contributed by atoms with van der Waals surface area (Å²) in [7, 11) is 0. The molecule has 2 fully saturated rings. The van der Waals surface area contributed by atoms with E-state index in [-0.39, 0.29) is 29.5 Å². The third-order valence-electron chi connectivity index (χ3n) is 8.04. The summed E-state index contributed by atoms with van der Waals surface area (Å²) in [5.74, 6) is -0.864. The van der Waals surface area contributed by atoms with Crippen molar-refractivity contribution in [1.82, 2.24) is 15.8 Å². The molecule has 0 bridgehead atoms. The Hall–Kier alpha value is -3.58. The number of hydrogen-bond acceptors (Lipinski definition) is 3. The second-order valence-electron chi connectivity index (χ2n) is 10.4. The highest BCUT2D eigenvalue weighted by Gasteiger charge is 2.44. The smallest absolute Gasteiger partial charge is 0.253 e. The number of halogens is 2. The third kappa shape index (κ3) is 5.63. The highest BCUT2D eigenvalue weighted by atomic mass is 19.1. The fraction of sp³-hybridized carbons (Fsp3) is 0.355. The van der Waals surface area contributed by atoms with Gasteiger partial charge in [0.2, 0.25) is 5.91 Å². The molecular formula is C31H33F2N3O2. The number of rotatable bonds is 6. The summed E-state index contributed by atoms with van der Waals surface area (Å²) in [5, 5.41) is 0. The summed E-state index contributed by atoms with van der Waals surface area (Å²) >= 11 is 0. The lowest BCUT2D eigenvalue weighted by Gasteiger charge is -2.41. The minimum atomic E-state index is -0.849. The summed E-state index contributed by atoms with van der Waals surface area (Å²) in [6, 6.07) is 19.9. The largest absolute Gasteiger partial charge is 0.339 e. The van der Waals surface area contributed by atoms with Gasteiger partial charge < -0.3 is 4.90 Å². The van der Waals surface area contributed by atoms with Crippen molar-refractivity contribution >= 4 is 11.8 Å². The topological polar surface area (TPSA) is 61.4 Å². The van der Waals surface area contributed by atoms with Crippen LogP contribution < -0.4 is 10.9 Å². The van der Waals surface area contributed by atoms with Gasteiger partial charge in [-0.25, -0.2) is 14.2 Å². The number of piperidine rings is 1. The van der Waals surface area contributed by atoms with E-state index >= 15 is 0 Å². The number of hydrazine groups is 1. The molecule has 198 valence electrons. The van der Waals surface area contributed by atoms with E-state index in [1.54, 1.807) is 41.3 Å². The second kappa shape index (κ2) is 11.4. The molecule has 5 rings (SSSR count). The average Bonchev–Trinajstić information content (AvgIpc) is 2.97. The molecule has 0 radical (unpaired) electrons. The Balaban J connectivity index is 1.28. The highest BCUT2D eigenvalue weighted by molar-refractivity contribution is 5.95. The Morgan fingerprint density at radius 2 is 1.26 bits per heavy atom. The van der Waals surface area contributed by atoms with Crippen molar-refractivity contribution in [3.05, 3.63) is 95.6 Å². The van der Waals surface area contributed by atoms with E-state index in [0.29, 0.717) is 31.5 Å². The van der Waals surface area contributed by atoms with Gasteiger partial charge in [0, 0.05) is 24.7 Å². The quantitative estimate of drug-likeness (QED) is 0.409. The van der Waals surface area contributed by atoms with Crippen LogP contribution in [0.4, 0.5) is 8.78 Å². The van der Waals surface area contributed by atoms with Crippen LogP contribution in [0.1, 0.15) is 60.9 Å². The van der Waals surface area contributed by atoms with E-state index in [4.69, 9.17) is 0 Å². The predicted molar refractivity (Wildman–Crippen MR) is 143 cm³/mol. The summed E-state index contributed by atoms with van der Waals surface area (Å²) < 4.78 is 26.9. The lowest BCUT2D eigenvalue weighted by Crippen LogP contribution is -2.57. The van der Waals surface area contributed by atoms with Crippen LogP contribution in [0.3, 0.4) is 0 Å². The normalized spacial score (nSPS) is 17.7. The molecule has 1 heterocycles. The number of carbonyl (C=O) groups excluding carboxylic acids is 2. The highest BCUT2D eigenvalue weighted by Crippen LogP contribution is 2.36. The van der Waals surface area contributed by atoms with Crippen LogP contribution in [0.5, 0.6) is 0 Å². The van der Waals surface area contributed by atoms with Gasteiger partial charge in [-0.05, 0) is 78.8 Å². The molecule has 2 N–H and O–H groups in total. The van der Waals surface area contributed by atoms with E-state index in [2.05, 4.69) is 10.9 Å². The molecule has 5 nitrogen and oxygen atoms in total. The van der Waals surface area contributed by atoms with Crippen LogP contribution in [0.2, 0.25) is 0 Å². The molecule has 0 atom stereocenters. The zero-order valence-electron chi connectivity index (χ0n) is 21.4. The van der Waals surface area contributed by atoms with Gasteiger partial charge in [-0.15, -0.1) is 0 Å². The van der Waals surface area contributed by atoms with E-state index in [1.807, 2.05) is 12.1 Å². The maximum atomic E-state index is 13.7. The van der Waals surface area contributed by atoms with Crippen LogP contribution in [0.15, 0.2) is 72.8 Å². The van der Waals surface area contributed by atoms with E-state index < -0.39 is 5.41 Å². The minimum absolute atomic E-state index is 0.0934. The Morgan fingerprint density at radius 1 is 0.737 bits per heavy atom. The first kappa shape index (κ1) is 26.0. The van der Waals surface area contributed by atoms with Gasteiger partial charge >= 0.3 is 0 Å². The van der Waals surface area contributed by atoms with Crippen molar-refractivity contribution < 1.29 is 18.4 Å². The van der Waals surface area contributed by atoms with Crippen molar-refractivity contribution in [2.75, 3.05) is 13.1 Å². The zero-order chi connectivity index (χ0) is 26.5. The Kier molecular flexibility index (Phi) is 7.84. The fourth-order valence-corrected chi connectivity index (χ4v) is 5.67. The standard InChI is InChI=1S/C31H33F2N3O2/c32-26-14-10-23(11-15-26)22-6-8-24(9-7-22)29(37)36-20-18-31(19-21-36,25-12-16-27(33)17-13-25)30(38)35-34-28-4-2-1-3-5-28/h6-17,28,34H,1-5,18-21H2,(H,35,38). The predicted octanol–water partition coefficient (Wildman–Crippen LogP) is 5.76. The number of hydrogen-bond donors (Lipinski definition) is 2. The third-order valence-corrected chi connectivity index (χ3v) is 8.04. The molecule has 1 saturated heterocycles. The van der Waals surface area contributed by atoms with Gasteiger partial charge in [0.25, 0.3) is 5.91 Å². The Bertz CT molecular complexity index is 1250. The molecule has 1 saturated carbocycles. The fourth-order valence-electron chi connectivity index (χ4n) is 5.67. The summed E-state index contributed by atoms with van der Waals surface area (Å²) in [6.07, 6.45) is 6.48. The van der Waals surface area contributed by atoms with E-state index in [1.165, 1.54) is 30.7 Å². The number of carbonyl (C=O) groups is 2. The number of benzene rings is 3. The lowest BCUT2D eigenvalue weighted by atomic mass is 9.72. The number of nitrogens with zero attached hydrogens (tertiary/aromatic N) is 1. The lowest BCUT2D eigenvalue weighted by molar-refractivity contribution is -0.129. The second-order valence-corrected chi connectivity index (χ2v) is 10.4. The van der Waals surface area contributed by atoms with Gasteiger partial charge in [0.15, 0.2) is 0 Å². The molecule has 3 aromatic carbocycles. The van der Waals surface area contributed by atoms with Gasteiger partial charge in [-0.3, -0.25) is 15.0 Å². The van der Waals surface area contributed by atoms with Crippen molar-refractivity contribution in [3.8, 4) is 11.1 Å². The van der Waals surface area contributed by atoms with Crippen molar-refractivity contribution in [3.63, 3.8) is 0 Å². The van der Waals surface area contributed by atoms with Crippen LogP contribution in [-0.4, -0.2) is 35.8 Å². The molecular weight excluding hydrogens is 484 g/mol. The molecule has 1 aliphatic carbocycles. The summed E-state index contributed by atoms with van der Waals surface area (Å²) in [6.45, 7) is 0.819. The molecule has 0 unspecified atom stereocenters. The minimum Gasteiger partial charge on any atom is -0.339 e. The summed E-state index contributed by atoms with van der Waals surface area (Å²) in [4.78, 5) is 28.7. The molecule has 7 heteroatoms.